The SMILES string of the molecule is Cl.O=C(O)/C=C/c1cccc(Nc2c3ccccc3nc3ccccc23)c1. The number of para-hydroxylation sites is 2. The first-order valence-corrected chi connectivity index (χ1v) is 8.26. The average molecular weight is 377 g/mol. The molecule has 27 heavy (non-hydrogen) atoms. The summed E-state index contributed by atoms with van der Waals surface area (Å²) in [6.45, 7) is 0. The van der Waals surface area contributed by atoms with E-state index in [4.69, 9.17) is 10.1 Å². The fourth-order valence-electron chi connectivity index (χ4n) is 3.01. The molecule has 0 spiro atoms. The molecule has 1 heterocycles. The fourth-order valence-corrected chi connectivity index (χ4v) is 3.01. The number of rotatable bonds is 4. The van der Waals surface area contributed by atoms with Crippen molar-refractivity contribution in [1.82, 2.24) is 4.98 Å². The zero-order valence-electron chi connectivity index (χ0n) is 14.3. The summed E-state index contributed by atoms with van der Waals surface area (Å²) in [5, 5.41) is 14.4. The molecule has 3 aromatic carbocycles. The molecule has 0 radical (unpaired) electrons. The second-order valence-electron chi connectivity index (χ2n) is 5.94. The zero-order chi connectivity index (χ0) is 17.9. The van der Waals surface area contributed by atoms with Crippen LogP contribution in [0.5, 0.6) is 0 Å². The van der Waals surface area contributed by atoms with Gasteiger partial charge in [0.2, 0.25) is 0 Å². The highest BCUT2D eigenvalue weighted by atomic mass is 35.5. The summed E-state index contributed by atoms with van der Waals surface area (Å²) in [6.07, 6.45) is 2.71. The number of nitrogens with zero attached hydrogens (tertiary/aromatic N) is 1. The molecular formula is C22H17ClN2O2. The van der Waals surface area contributed by atoms with Gasteiger partial charge < -0.3 is 10.4 Å². The van der Waals surface area contributed by atoms with E-state index in [0.29, 0.717) is 0 Å². The molecule has 0 aliphatic carbocycles. The van der Waals surface area contributed by atoms with Gasteiger partial charge in [-0.3, -0.25) is 0 Å². The van der Waals surface area contributed by atoms with Crippen molar-refractivity contribution in [3.63, 3.8) is 0 Å². The number of benzene rings is 3. The number of anilines is 2. The van der Waals surface area contributed by atoms with Gasteiger partial charge in [0, 0.05) is 22.5 Å². The van der Waals surface area contributed by atoms with E-state index in [1.165, 1.54) is 0 Å². The number of nitrogens with one attached hydrogen (secondary N) is 1. The smallest absolute Gasteiger partial charge is 0.328 e. The van der Waals surface area contributed by atoms with Crippen molar-refractivity contribution < 1.29 is 9.90 Å². The molecule has 0 saturated carbocycles. The maximum absolute atomic E-state index is 10.7. The molecular weight excluding hydrogens is 360 g/mol. The lowest BCUT2D eigenvalue weighted by atomic mass is 10.1. The van der Waals surface area contributed by atoms with E-state index < -0.39 is 5.97 Å². The number of carboxylic acids is 1. The molecule has 0 fully saturated rings. The molecule has 0 saturated heterocycles. The largest absolute Gasteiger partial charge is 0.478 e. The molecule has 5 heteroatoms. The Labute approximate surface area is 162 Å². The normalized spacial score (nSPS) is 10.8. The molecule has 0 amide bonds. The number of fused-ring (bicyclic) bond motifs is 2. The van der Waals surface area contributed by atoms with Crippen LogP contribution >= 0.6 is 12.4 Å². The third kappa shape index (κ3) is 3.91. The van der Waals surface area contributed by atoms with Gasteiger partial charge in [-0.25, -0.2) is 9.78 Å². The highest BCUT2D eigenvalue weighted by Gasteiger charge is 2.09. The Bertz CT molecular complexity index is 1100. The van der Waals surface area contributed by atoms with Crippen molar-refractivity contribution in [1.29, 1.82) is 0 Å². The fraction of sp³-hybridized carbons (Fsp3) is 0. The van der Waals surface area contributed by atoms with E-state index in [1.807, 2.05) is 72.8 Å². The minimum Gasteiger partial charge on any atom is -0.478 e. The van der Waals surface area contributed by atoms with Crippen LogP contribution in [0.2, 0.25) is 0 Å². The van der Waals surface area contributed by atoms with Crippen molar-refractivity contribution in [2.45, 2.75) is 0 Å². The van der Waals surface area contributed by atoms with Crippen LogP contribution in [0.1, 0.15) is 5.56 Å². The van der Waals surface area contributed by atoms with Gasteiger partial charge in [0.1, 0.15) is 0 Å². The van der Waals surface area contributed by atoms with Crippen molar-refractivity contribution in [2.75, 3.05) is 5.32 Å². The summed E-state index contributed by atoms with van der Waals surface area (Å²) in [5.74, 6) is -0.963. The van der Waals surface area contributed by atoms with E-state index in [0.717, 1.165) is 44.8 Å². The van der Waals surface area contributed by atoms with Crippen LogP contribution in [0, 0.1) is 0 Å². The minimum atomic E-state index is -0.963. The lowest BCUT2D eigenvalue weighted by molar-refractivity contribution is -0.131. The number of halogens is 1. The molecule has 1 aromatic heterocycles. The van der Waals surface area contributed by atoms with Crippen molar-refractivity contribution in [2.24, 2.45) is 0 Å². The second-order valence-corrected chi connectivity index (χ2v) is 5.94. The topological polar surface area (TPSA) is 62.2 Å². The van der Waals surface area contributed by atoms with Gasteiger partial charge in [-0.1, -0.05) is 48.5 Å². The van der Waals surface area contributed by atoms with Crippen LogP contribution in [-0.4, -0.2) is 16.1 Å². The third-order valence-corrected chi connectivity index (χ3v) is 4.16. The molecule has 4 nitrogen and oxygen atoms in total. The Morgan fingerprint density at radius 1 is 0.889 bits per heavy atom. The van der Waals surface area contributed by atoms with Gasteiger partial charge in [-0.15, -0.1) is 12.4 Å². The molecule has 4 aromatic rings. The van der Waals surface area contributed by atoms with Crippen LogP contribution in [-0.2, 0) is 4.79 Å². The van der Waals surface area contributed by atoms with Crippen molar-refractivity contribution in [3.05, 3.63) is 84.4 Å². The standard InChI is InChI=1S/C22H16N2O2.ClH/c25-21(26)13-12-15-6-5-7-16(14-15)23-22-17-8-1-3-10-19(17)24-20-11-4-2-9-18(20)22;/h1-14H,(H,23,24)(H,25,26);1H/b13-12+;. The van der Waals surface area contributed by atoms with Crippen molar-refractivity contribution in [3.8, 4) is 0 Å². The number of hydrogen-bond acceptors (Lipinski definition) is 3. The Kier molecular flexibility index (Phi) is 5.38. The summed E-state index contributed by atoms with van der Waals surface area (Å²) in [6, 6.07) is 23.7. The van der Waals surface area contributed by atoms with E-state index in [2.05, 4.69) is 5.32 Å². The Morgan fingerprint density at radius 2 is 1.52 bits per heavy atom. The number of carbonyl (C=O) groups is 1. The van der Waals surface area contributed by atoms with Gasteiger partial charge in [-0.2, -0.15) is 0 Å². The average Bonchev–Trinajstić information content (AvgIpc) is 2.66. The van der Waals surface area contributed by atoms with E-state index in [1.54, 1.807) is 6.08 Å². The van der Waals surface area contributed by atoms with E-state index >= 15 is 0 Å². The van der Waals surface area contributed by atoms with Gasteiger partial charge in [0.15, 0.2) is 0 Å². The molecule has 0 bridgehead atoms. The molecule has 0 unspecified atom stereocenters. The first kappa shape index (κ1) is 18.4. The zero-order valence-corrected chi connectivity index (χ0v) is 15.1. The van der Waals surface area contributed by atoms with Gasteiger partial charge in [-0.05, 0) is 35.9 Å². The monoisotopic (exact) mass is 376 g/mol. The Balaban J connectivity index is 0.00000210. The van der Waals surface area contributed by atoms with Gasteiger partial charge in [0.05, 0.1) is 16.7 Å². The summed E-state index contributed by atoms with van der Waals surface area (Å²) < 4.78 is 0. The first-order chi connectivity index (χ1) is 12.7. The molecule has 0 aliphatic rings. The number of aliphatic carboxylic acids is 1. The molecule has 4 rings (SSSR count). The minimum absolute atomic E-state index is 0. The summed E-state index contributed by atoms with van der Waals surface area (Å²) in [4.78, 5) is 15.5. The Hall–Kier alpha value is -3.37. The first-order valence-electron chi connectivity index (χ1n) is 8.26. The number of carboxylic acid groups (broad SMARTS) is 1. The Morgan fingerprint density at radius 3 is 2.15 bits per heavy atom. The lowest BCUT2D eigenvalue weighted by Crippen LogP contribution is -1.95. The van der Waals surface area contributed by atoms with Crippen LogP contribution in [0.25, 0.3) is 27.9 Å². The molecule has 0 atom stereocenters. The van der Waals surface area contributed by atoms with E-state index in [9.17, 15) is 4.79 Å². The third-order valence-electron chi connectivity index (χ3n) is 4.16. The maximum Gasteiger partial charge on any atom is 0.328 e. The van der Waals surface area contributed by atoms with Crippen LogP contribution in [0.4, 0.5) is 11.4 Å². The highest BCUT2D eigenvalue weighted by Crippen LogP contribution is 2.33. The number of pyridine rings is 1. The molecule has 0 aliphatic heterocycles. The number of hydrogen-bond donors (Lipinski definition) is 2. The van der Waals surface area contributed by atoms with Crippen LogP contribution < -0.4 is 5.32 Å². The lowest BCUT2D eigenvalue weighted by Gasteiger charge is -2.13. The molecule has 2 N–H and O–H groups in total. The maximum atomic E-state index is 10.7. The van der Waals surface area contributed by atoms with Crippen molar-refractivity contribution >= 4 is 57.6 Å². The van der Waals surface area contributed by atoms with E-state index in [-0.39, 0.29) is 12.4 Å². The van der Waals surface area contributed by atoms with Crippen LogP contribution in [0.15, 0.2) is 78.9 Å². The molecule has 134 valence electrons. The predicted molar refractivity (Wildman–Crippen MR) is 113 cm³/mol. The van der Waals surface area contributed by atoms with Crippen LogP contribution in [0.3, 0.4) is 0 Å². The summed E-state index contributed by atoms with van der Waals surface area (Å²) in [7, 11) is 0. The number of aromatic nitrogens is 1. The quantitative estimate of drug-likeness (QED) is 0.357. The van der Waals surface area contributed by atoms with Gasteiger partial charge >= 0.3 is 5.97 Å². The highest BCUT2D eigenvalue weighted by molar-refractivity contribution is 6.08. The summed E-state index contributed by atoms with van der Waals surface area (Å²) >= 11 is 0. The second kappa shape index (κ2) is 7.89. The van der Waals surface area contributed by atoms with Gasteiger partial charge in [0.25, 0.3) is 0 Å². The summed E-state index contributed by atoms with van der Waals surface area (Å²) in [5.41, 5.74) is 4.55. The predicted octanol–water partition coefficient (Wildman–Crippen LogP) is 5.65.